The molecule has 46 valence electrons. The predicted molar refractivity (Wildman–Crippen MR) is 42.7 cm³/mol. The Morgan fingerprint density at radius 1 is 0.875 bits per heavy atom. The van der Waals surface area contributed by atoms with E-state index in [-0.39, 0.29) is 36.3 Å². The fourth-order valence-corrected chi connectivity index (χ4v) is 0.510. The molecule has 0 aromatic rings. The molecule has 1 nitrogen and oxygen atoms in total. The van der Waals surface area contributed by atoms with Crippen LogP contribution in [0.15, 0.2) is 0 Å². The molecule has 0 N–H and O–H groups in total. The summed E-state index contributed by atoms with van der Waals surface area (Å²) < 4.78 is 4.94. The van der Waals surface area contributed by atoms with Crippen LogP contribution in [0.5, 0.6) is 0 Å². The van der Waals surface area contributed by atoms with Crippen LogP contribution in [0.3, 0.4) is 0 Å². The van der Waals surface area contributed by atoms with Gasteiger partial charge < -0.3 is 4.74 Å². The topological polar surface area (TPSA) is 9.23 Å². The first kappa shape index (κ1) is 15.9. The summed E-state index contributed by atoms with van der Waals surface area (Å²) in [5, 5.41) is 0. The number of hydrogen-bond donors (Lipinski definition) is 0. The summed E-state index contributed by atoms with van der Waals surface area (Å²) >= 11 is 0. The van der Waals surface area contributed by atoms with Crippen molar-refractivity contribution in [2.45, 2.75) is 12.8 Å². The van der Waals surface area contributed by atoms with Gasteiger partial charge in [0.25, 0.3) is 0 Å². The quantitative estimate of drug-likeness (QED) is 0.375. The zero-order valence-electron chi connectivity index (χ0n) is 3.94. The first-order valence-corrected chi connectivity index (χ1v) is 2.08. The van der Waals surface area contributed by atoms with Crippen LogP contribution >= 0.6 is 0 Å². The summed E-state index contributed by atoms with van der Waals surface area (Å²) in [6.07, 6.45) is 2.56. The molecule has 0 aromatic carbocycles. The predicted octanol–water partition coefficient (Wildman–Crippen LogP) is -2.11. The standard InChI is InChI=1S/C4H8O.2BH4.Zn/c1-2-4-5-3-1;;;/h1-4H2;2*1H4;/q;2*-1;+2. The van der Waals surface area contributed by atoms with Gasteiger partial charge in [0.1, 0.15) is 0 Å². The molecule has 0 amide bonds. The molecule has 1 heterocycles. The first-order chi connectivity index (χ1) is 2.50. The van der Waals surface area contributed by atoms with Crippen LogP contribution in [-0.4, -0.2) is 30.0 Å². The fourth-order valence-electron chi connectivity index (χ4n) is 0.510. The van der Waals surface area contributed by atoms with E-state index in [9.17, 15) is 0 Å². The summed E-state index contributed by atoms with van der Waals surface area (Å²) in [5.41, 5.74) is 0. The normalized spacial score (nSPS) is 15.0. The Morgan fingerprint density at radius 3 is 1.38 bits per heavy atom. The molecule has 1 saturated heterocycles. The molecule has 1 rings (SSSR count). The van der Waals surface area contributed by atoms with Gasteiger partial charge in [0.05, 0.1) is 0 Å². The largest absolute Gasteiger partial charge is 2.00 e. The molecule has 1 aliphatic rings. The van der Waals surface area contributed by atoms with E-state index in [1.807, 2.05) is 0 Å². The van der Waals surface area contributed by atoms with Crippen LogP contribution < -0.4 is 0 Å². The van der Waals surface area contributed by atoms with Crippen molar-refractivity contribution in [3.05, 3.63) is 0 Å². The van der Waals surface area contributed by atoms with Crippen LogP contribution in [0.2, 0.25) is 0 Å². The van der Waals surface area contributed by atoms with Gasteiger partial charge in [0, 0.05) is 13.2 Å². The van der Waals surface area contributed by atoms with Crippen molar-refractivity contribution in [2.24, 2.45) is 0 Å². The van der Waals surface area contributed by atoms with Crippen molar-refractivity contribution in [3.63, 3.8) is 0 Å². The summed E-state index contributed by atoms with van der Waals surface area (Å²) in [7, 11) is 0. The molecule has 0 bridgehead atoms. The maximum Gasteiger partial charge on any atom is 2.00 e. The maximum absolute atomic E-state index is 4.94. The third-order valence-corrected chi connectivity index (χ3v) is 0.827. The second-order valence-electron chi connectivity index (χ2n) is 1.32. The van der Waals surface area contributed by atoms with E-state index in [4.69, 9.17) is 4.74 Å². The summed E-state index contributed by atoms with van der Waals surface area (Å²) in [5.74, 6) is 0. The Hall–Kier alpha value is 0.713. The Bertz CT molecular complexity index is 25.6. The van der Waals surface area contributed by atoms with Crippen LogP contribution in [0.1, 0.15) is 12.8 Å². The van der Waals surface area contributed by atoms with Gasteiger partial charge in [-0.2, -0.15) is 0 Å². The van der Waals surface area contributed by atoms with Crippen LogP contribution in [0, 0.1) is 0 Å². The van der Waals surface area contributed by atoms with E-state index in [1.165, 1.54) is 12.8 Å². The summed E-state index contributed by atoms with van der Waals surface area (Å²) in [4.78, 5) is 0. The zero-order valence-corrected chi connectivity index (χ0v) is 6.91. The van der Waals surface area contributed by atoms with Crippen molar-refractivity contribution in [1.82, 2.24) is 0 Å². The van der Waals surface area contributed by atoms with Gasteiger partial charge in [-0.1, -0.05) is 16.8 Å². The van der Waals surface area contributed by atoms with Crippen LogP contribution in [0.4, 0.5) is 0 Å². The van der Waals surface area contributed by atoms with Gasteiger partial charge in [-0.3, -0.25) is 0 Å². The molecular weight excluding hydrogens is 151 g/mol. The molecule has 0 radical (unpaired) electrons. The third kappa shape index (κ3) is 6.71. The monoisotopic (exact) mass is 166 g/mol. The molecule has 1 fully saturated rings. The molecule has 0 spiro atoms. The Kier molecular flexibility index (Phi) is 21.1. The van der Waals surface area contributed by atoms with Gasteiger partial charge in [0.2, 0.25) is 0 Å². The van der Waals surface area contributed by atoms with Gasteiger partial charge in [-0.25, -0.2) is 0 Å². The smallest absolute Gasteiger partial charge is 0.381 e. The van der Waals surface area contributed by atoms with Crippen molar-refractivity contribution in [1.29, 1.82) is 0 Å². The van der Waals surface area contributed by atoms with E-state index >= 15 is 0 Å². The number of ether oxygens (including phenoxy) is 1. The zero-order chi connectivity index (χ0) is 3.54. The van der Waals surface area contributed by atoms with E-state index in [0.717, 1.165) is 13.2 Å². The van der Waals surface area contributed by atoms with Crippen LogP contribution in [0.25, 0.3) is 0 Å². The van der Waals surface area contributed by atoms with Gasteiger partial charge in [-0.15, -0.1) is 0 Å². The van der Waals surface area contributed by atoms with Crippen molar-refractivity contribution < 1.29 is 24.2 Å². The van der Waals surface area contributed by atoms with E-state index < -0.39 is 0 Å². The van der Waals surface area contributed by atoms with Gasteiger partial charge in [0.15, 0.2) is 0 Å². The third-order valence-electron chi connectivity index (χ3n) is 0.827. The number of hydrogen-bond acceptors (Lipinski definition) is 1. The SMILES string of the molecule is C1CCOC1.[BH4-].[BH4-].[Zn+2]. The van der Waals surface area contributed by atoms with Crippen molar-refractivity contribution in [3.8, 4) is 0 Å². The Labute approximate surface area is 67.5 Å². The van der Waals surface area contributed by atoms with E-state index in [0.29, 0.717) is 0 Å². The van der Waals surface area contributed by atoms with Crippen molar-refractivity contribution in [2.75, 3.05) is 13.2 Å². The molecule has 0 unspecified atom stereocenters. The molecule has 0 saturated carbocycles. The average Bonchev–Trinajstić information content (AvgIpc) is 1.76. The molecule has 1 aliphatic heterocycles. The van der Waals surface area contributed by atoms with E-state index in [2.05, 4.69) is 0 Å². The van der Waals surface area contributed by atoms with E-state index in [1.54, 1.807) is 0 Å². The van der Waals surface area contributed by atoms with Crippen LogP contribution in [-0.2, 0) is 24.2 Å². The summed E-state index contributed by atoms with van der Waals surface area (Å²) in [6, 6.07) is 0. The molecule has 8 heavy (non-hydrogen) atoms. The van der Waals surface area contributed by atoms with Gasteiger partial charge in [-0.05, 0) is 12.8 Å². The summed E-state index contributed by atoms with van der Waals surface area (Å²) in [6.45, 7) is 2.00. The Balaban J connectivity index is -0.0000000833. The average molecular weight is 167 g/mol. The second kappa shape index (κ2) is 10.6. The minimum atomic E-state index is 0. The van der Waals surface area contributed by atoms with Gasteiger partial charge >= 0.3 is 19.5 Å². The Morgan fingerprint density at radius 2 is 1.25 bits per heavy atom. The molecule has 4 heteroatoms. The number of rotatable bonds is 0. The fraction of sp³-hybridized carbons (Fsp3) is 1.00. The minimum absolute atomic E-state index is 0. The molecule has 0 atom stereocenters. The molecule has 0 aromatic heterocycles. The van der Waals surface area contributed by atoms with Crippen molar-refractivity contribution >= 4 is 16.8 Å². The second-order valence-corrected chi connectivity index (χ2v) is 1.32. The molecular formula is C4H16B2OZn. The first-order valence-electron chi connectivity index (χ1n) is 2.08. The maximum atomic E-state index is 4.94. The molecule has 0 aliphatic carbocycles. The minimum Gasteiger partial charge on any atom is -0.381 e.